The van der Waals surface area contributed by atoms with Crippen LogP contribution in [-0.4, -0.2) is 26.3 Å². The first-order chi connectivity index (χ1) is 15.8. The Morgan fingerprint density at radius 1 is 0.970 bits per heavy atom. The molecule has 0 aromatic heterocycles. The van der Waals surface area contributed by atoms with Crippen molar-refractivity contribution in [2.24, 2.45) is 5.10 Å². The van der Waals surface area contributed by atoms with Crippen LogP contribution in [0.4, 0.5) is 11.4 Å². The lowest BCUT2D eigenvalue weighted by Crippen LogP contribution is -2.33. The molecule has 33 heavy (non-hydrogen) atoms. The first kappa shape index (κ1) is 22.5. The van der Waals surface area contributed by atoms with Crippen LogP contribution in [0.2, 0.25) is 0 Å². The van der Waals surface area contributed by atoms with Gasteiger partial charge in [-0.2, -0.15) is 5.10 Å². The third-order valence-corrected chi connectivity index (χ3v) is 6.04. The number of hydrogen-bond acceptors (Lipinski definition) is 5. The molecule has 0 spiro atoms. The SMILES string of the molecule is CC(NC(=O)C1=NN(c2ccccc2)C(c2ccccc2)C1)c1ccccc1NS(C)(=O)=O. The van der Waals surface area contributed by atoms with Gasteiger partial charge in [-0.05, 0) is 36.2 Å². The van der Waals surface area contributed by atoms with Crippen LogP contribution in [0.3, 0.4) is 0 Å². The molecule has 0 bridgehead atoms. The molecule has 0 saturated heterocycles. The number of hydrazone groups is 1. The highest BCUT2D eigenvalue weighted by molar-refractivity contribution is 7.92. The summed E-state index contributed by atoms with van der Waals surface area (Å²) in [5.74, 6) is -0.281. The van der Waals surface area contributed by atoms with E-state index in [0.717, 1.165) is 17.5 Å². The molecule has 0 fully saturated rings. The van der Waals surface area contributed by atoms with Gasteiger partial charge in [0.05, 0.1) is 29.7 Å². The van der Waals surface area contributed by atoms with E-state index in [-0.39, 0.29) is 11.9 Å². The Morgan fingerprint density at radius 2 is 1.58 bits per heavy atom. The van der Waals surface area contributed by atoms with E-state index >= 15 is 0 Å². The Labute approximate surface area is 194 Å². The van der Waals surface area contributed by atoms with E-state index < -0.39 is 16.1 Å². The Balaban J connectivity index is 1.57. The largest absolute Gasteiger partial charge is 0.344 e. The fraction of sp³-hybridized carbons (Fsp3) is 0.200. The van der Waals surface area contributed by atoms with Crippen molar-refractivity contribution in [1.82, 2.24) is 5.32 Å². The zero-order chi connectivity index (χ0) is 23.4. The Hall–Kier alpha value is -3.65. The van der Waals surface area contributed by atoms with Crippen molar-refractivity contribution < 1.29 is 13.2 Å². The topological polar surface area (TPSA) is 90.9 Å². The third kappa shape index (κ3) is 5.40. The maximum Gasteiger partial charge on any atom is 0.268 e. The van der Waals surface area contributed by atoms with Gasteiger partial charge in [0, 0.05) is 6.42 Å². The molecule has 8 heteroatoms. The first-order valence-corrected chi connectivity index (χ1v) is 12.6. The fourth-order valence-corrected chi connectivity index (χ4v) is 4.51. The second-order valence-electron chi connectivity index (χ2n) is 8.01. The standard InChI is InChI=1S/C25H26N4O3S/c1-18(21-15-9-10-16-22(21)28-33(2,31)32)26-25(30)23-17-24(19-11-5-3-6-12-19)29(27-23)20-13-7-4-8-14-20/h3-16,18,24,28H,17H2,1-2H3,(H,26,30). The molecule has 4 rings (SSSR count). The molecule has 1 heterocycles. The van der Waals surface area contributed by atoms with Gasteiger partial charge < -0.3 is 5.32 Å². The number of benzene rings is 3. The van der Waals surface area contributed by atoms with Crippen LogP contribution in [0.15, 0.2) is 90.0 Å². The van der Waals surface area contributed by atoms with Gasteiger partial charge in [0.15, 0.2) is 0 Å². The zero-order valence-corrected chi connectivity index (χ0v) is 19.3. The van der Waals surface area contributed by atoms with Gasteiger partial charge in [0.2, 0.25) is 10.0 Å². The molecule has 1 amide bonds. The van der Waals surface area contributed by atoms with Crippen LogP contribution in [-0.2, 0) is 14.8 Å². The lowest BCUT2D eigenvalue weighted by molar-refractivity contribution is -0.115. The number of para-hydroxylation sites is 2. The number of sulfonamides is 1. The predicted octanol–water partition coefficient (Wildman–Crippen LogP) is 4.24. The number of nitrogens with zero attached hydrogens (tertiary/aromatic N) is 2. The van der Waals surface area contributed by atoms with E-state index in [9.17, 15) is 13.2 Å². The summed E-state index contributed by atoms with van der Waals surface area (Å²) in [5, 5.41) is 9.53. The fourth-order valence-electron chi connectivity index (χ4n) is 3.93. The van der Waals surface area contributed by atoms with Crippen LogP contribution in [0.1, 0.15) is 36.6 Å². The van der Waals surface area contributed by atoms with Gasteiger partial charge in [0.1, 0.15) is 5.71 Å². The highest BCUT2D eigenvalue weighted by Gasteiger charge is 2.33. The summed E-state index contributed by atoms with van der Waals surface area (Å²) in [6, 6.07) is 26.2. The molecule has 2 unspecified atom stereocenters. The van der Waals surface area contributed by atoms with Gasteiger partial charge in [-0.15, -0.1) is 0 Å². The summed E-state index contributed by atoms with van der Waals surface area (Å²) in [5.41, 5.74) is 3.52. The summed E-state index contributed by atoms with van der Waals surface area (Å²) in [7, 11) is -3.45. The molecule has 170 valence electrons. The maximum atomic E-state index is 13.2. The normalized spacial score (nSPS) is 16.7. The predicted molar refractivity (Wildman–Crippen MR) is 132 cm³/mol. The van der Waals surface area contributed by atoms with Gasteiger partial charge in [-0.25, -0.2) is 8.42 Å². The molecule has 7 nitrogen and oxygen atoms in total. The van der Waals surface area contributed by atoms with Gasteiger partial charge in [-0.3, -0.25) is 14.5 Å². The minimum absolute atomic E-state index is 0.0937. The van der Waals surface area contributed by atoms with Gasteiger partial charge in [0.25, 0.3) is 5.91 Å². The zero-order valence-electron chi connectivity index (χ0n) is 18.5. The van der Waals surface area contributed by atoms with Gasteiger partial charge >= 0.3 is 0 Å². The molecule has 0 saturated carbocycles. The summed E-state index contributed by atoms with van der Waals surface area (Å²) >= 11 is 0. The van der Waals surface area contributed by atoms with Crippen molar-refractivity contribution in [1.29, 1.82) is 0 Å². The number of carbonyl (C=O) groups excluding carboxylic acids is 1. The maximum absolute atomic E-state index is 13.2. The summed E-state index contributed by atoms with van der Waals surface area (Å²) in [6.07, 6.45) is 1.56. The second kappa shape index (κ2) is 9.46. The Bertz CT molecular complexity index is 1260. The highest BCUT2D eigenvalue weighted by atomic mass is 32.2. The van der Waals surface area contributed by atoms with Crippen LogP contribution in [0.25, 0.3) is 0 Å². The number of anilines is 2. The lowest BCUT2D eigenvalue weighted by Gasteiger charge is -2.23. The van der Waals surface area contributed by atoms with Crippen LogP contribution in [0.5, 0.6) is 0 Å². The monoisotopic (exact) mass is 462 g/mol. The molecule has 0 radical (unpaired) electrons. The summed E-state index contributed by atoms with van der Waals surface area (Å²) < 4.78 is 26.0. The Morgan fingerprint density at radius 3 is 2.24 bits per heavy atom. The van der Waals surface area contributed by atoms with Crippen LogP contribution in [0, 0.1) is 0 Å². The molecular weight excluding hydrogens is 436 g/mol. The quantitative estimate of drug-likeness (QED) is 0.549. The second-order valence-corrected chi connectivity index (χ2v) is 9.76. The summed E-state index contributed by atoms with van der Waals surface area (Å²) in [6.45, 7) is 1.82. The molecule has 3 aromatic rings. The van der Waals surface area contributed by atoms with Crippen LogP contribution < -0.4 is 15.0 Å². The highest BCUT2D eigenvalue weighted by Crippen LogP contribution is 2.35. The van der Waals surface area contributed by atoms with Crippen molar-refractivity contribution in [3.8, 4) is 0 Å². The molecule has 1 aliphatic rings. The van der Waals surface area contributed by atoms with E-state index in [1.165, 1.54) is 0 Å². The van der Waals surface area contributed by atoms with Crippen molar-refractivity contribution in [3.05, 3.63) is 96.1 Å². The number of carbonyl (C=O) groups is 1. The van der Waals surface area contributed by atoms with E-state index in [1.807, 2.05) is 72.6 Å². The van der Waals surface area contributed by atoms with Crippen molar-refractivity contribution in [3.63, 3.8) is 0 Å². The number of rotatable bonds is 7. The molecule has 2 atom stereocenters. The minimum Gasteiger partial charge on any atom is -0.344 e. The Kier molecular flexibility index (Phi) is 6.46. The van der Waals surface area contributed by atoms with E-state index in [2.05, 4.69) is 15.1 Å². The smallest absolute Gasteiger partial charge is 0.268 e. The average molecular weight is 463 g/mol. The first-order valence-electron chi connectivity index (χ1n) is 10.7. The number of nitrogens with one attached hydrogen (secondary N) is 2. The van der Waals surface area contributed by atoms with Crippen molar-refractivity contribution >= 4 is 33.0 Å². The minimum atomic E-state index is -3.45. The van der Waals surface area contributed by atoms with Crippen molar-refractivity contribution in [2.45, 2.75) is 25.4 Å². The molecule has 3 aromatic carbocycles. The van der Waals surface area contributed by atoms with E-state index in [1.54, 1.807) is 24.3 Å². The third-order valence-electron chi connectivity index (χ3n) is 5.45. The van der Waals surface area contributed by atoms with E-state index in [4.69, 9.17) is 0 Å². The molecular formula is C25H26N4O3S. The van der Waals surface area contributed by atoms with Gasteiger partial charge in [-0.1, -0.05) is 66.7 Å². The van der Waals surface area contributed by atoms with Crippen LogP contribution >= 0.6 is 0 Å². The number of hydrogen-bond donors (Lipinski definition) is 2. The van der Waals surface area contributed by atoms with Crippen molar-refractivity contribution in [2.75, 3.05) is 16.0 Å². The lowest BCUT2D eigenvalue weighted by atomic mass is 10.0. The molecule has 1 aliphatic heterocycles. The average Bonchev–Trinajstić information content (AvgIpc) is 3.25. The molecule has 0 aliphatic carbocycles. The molecule has 2 N–H and O–H groups in total. The van der Waals surface area contributed by atoms with E-state index in [0.29, 0.717) is 23.4 Å². The number of amides is 1. The summed E-state index contributed by atoms with van der Waals surface area (Å²) in [4.78, 5) is 13.2.